The van der Waals surface area contributed by atoms with Crippen LogP contribution in [0.5, 0.6) is 0 Å². The van der Waals surface area contributed by atoms with Crippen LogP contribution in [-0.2, 0) is 4.79 Å². The van der Waals surface area contributed by atoms with Gasteiger partial charge < -0.3 is 9.69 Å². The van der Waals surface area contributed by atoms with E-state index in [2.05, 4.69) is 18.7 Å². The van der Waals surface area contributed by atoms with Crippen molar-refractivity contribution in [3.8, 4) is 0 Å². The standard InChI is InChI=1S/C12H23NOS/c1-11(2,10-14)9-13-6-5-12(3,4)15-8-7-13/h10H,5-9H2,1-4H3. The molecule has 0 atom stereocenters. The lowest BCUT2D eigenvalue weighted by molar-refractivity contribution is -0.115. The fraction of sp³-hybridized carbons (Fsp3) is 0.917. The summed E-state index contributed by atoms with van der Waals surface area (Å²) in [6.45, 7) is 11.8. The molecule has 88 valence electrons. The van der Waals surface area contributed by atoms with Crippen molar-refractivity contribution in [2.24, 2.45) is 5.41 Å². The molecule has 0 spiro atoms. The number of thioether (sulfide) groups is 1. The largest absolute Gasteiger partial charge is 0.303 e. The zero-order valence-electron chi connectivity index (χ0n) is 10.4. The molecule has 0 bridgehead atoms. The van der Waals surface area contributed by atoms with E-state index >= 15 is 0 Å². The Morgan fingerprint density at radius 1 is 1.40 bits per heavy atom. The first-order valence-corrected chi connectivity index (χ1v) is 6.66. The van der Waals surface area contributed by atoms with Crippen LogP contribution in [0.1, 0.15) is 34.1 Å². The number of hydrogen-bond acceptors (Lipinski definition) is 3. The molecule has 2 nitrogen and oxygen atoms in total. The SMILES string of the molecule is CC(C)(C=O)CN1CCSC(C)(C)CC1. The fourth-order valence-corrected chi connectivity index (χ4v) is 2.97. The van der Waals surface area contributed by atoms with Gasteiger partial charge in [-0.05, 0) is 13.0 Å². The number of carbonyl (C=O) groups is 1. The van der Waals surface area contributed by atoms with E-state index in [9.17, 15) is 4.79 Å². The van der Waals surface area contributed by atoms with Crippen LogP contribution in [0.3, 0.4) is 0 Å². The smallest absolute Gasteiger partial charge is 0.126 e. The van der Waals surface area contributed by atoms with E-state index in [4.69, 9.17) is 0 Å². The lowest BCUT2D eigenvalue weighted by atomic mass is 9.95. The zero-order valence-corrected chi connectivity index (χ0v) is 11.2. The van der Waals surface area contributed by atoms with Crippen LogP contribution in [0.2, 0.25) is 0 Å². The molecule has 0 N–H and O–H groups in total. The minimum absolute atomic E-state index is 0.195. The Labute approximate surface area is 97.8 Å². The zero-order chi connectivity index (χ0) is 11.5. The average Bonchev–Trinajstić information content (AvgIpc) is 2.28. The maximum absolute atomic E-state index is 10.9. The molecule has 1 heterocycles. The molecule has 0 aromatic rings. The fourth-order valence-electron chi connectivity index (χ4n) is 1.83. The van der Waals surface area contributed by atoms with Crippen molar-refractivity contribution in [1.82, 2.24) is 4.90 Å². The van der Waals surface area contributed by atoms with E-state index in [0.29, 0.717) is 4.75 Å². The van der Waals surface area contributed by atoms with Crippen LogP contribution < -0.4 is 0 Å². The Balaban J connectivity index is 2.48. The molecule has 1 aliphatic heterocycles. The number of aldehydes is 1. The maximum Gasteiger partial charge on any atom is 0.126 e. The molecule has 0 aromatic heterocycles. The summed E-state index contributed by atoms with van der Waals surface area (Å²) in [5.41, 5.74) is -0.195. The lowest BCUT2D eigenvalue weighted by Gasteiger charge is -2.28. The Kier molecular flexibility index (Phi) is 4.24. The number of nitrogens with zero attached hydrogens (tertiary/aromatic N) is 1. The monoisotopic (exact) mass is 229 g/mol. The number of hydrogen-bond donors (Lipinski definition) is 0. The van der Waals surface area contributed by atoms with Gasteiger partial charge in [0.15, 0.2) is 0 Å². The minimum atomic E-state index is -0.195. The summed E-state index contributed by atoms with van der Waals surface area (Å²) in [6.07, 6.45) is 2.29. The third-order valence-corrected chi connectivity index (χ3v) is 4.25. The van der Waals surface area contributed by atoms with E-state index in [1.807, 2.05) is 25.6 Å². The summed E-state index contributed by atoms with van der Waals surface area (Å²) in [4.78, 5) is 13.3. The molecule has 0 unspecified atom stereocenters. The highest BCUT2D eigenvalue weighted by atomic mass is 32.2. The van der Waals surface area contributed by atoms with Gasteiger partial charge in [-0.1, -0.05) is 27.7 Å². The summed E-state index contributed by atoms with van der Waals surface area (Å²) in [5, 5.41) is 0. The average molecular weight is 229 g/mol. The second kappa shape index (κ2) is 4.88. The van der Waals surface area contributed by atoms with Crippen LogP contribution in [-0.4, -0.2) is 41.3 Å². The van der Waals surface area contributed by atoms with Crippen molar-refractivity contribution in [3.63, 3.8) is 0 Å². The molecule has 1 fully saturated rings. The maximum atomic E-state index is 10.9. The van der Waals surface area contributed by atoms with Crippen molar-refractivity contribution in [3.05, 3.63) is 0 Å². The van der Waals surface area contributed by atoms with E-state index in [0.717, 1.165) is 25.9 Å². The number of carbonyl (C=O) groups excluding carboxylic acids is 1. The van der Waals surface area contributed by atoms with Gasteiger partial charge in [0.1, 0.15) is 6.29 Å². The van der Waals surface area contributed by atoms with E-state index in [-0.39, 0.29) is 5.41 Å². The molecule has 15 heavy (non-hydrogen) atoms. The second-order valence-electron chi connectivity index (χ2n) is 5.74. The molecule has 1 aliphatic rings. The Morgan fingerprint density at radius 3 is 2.67 bits per heavy atom. The quantitative estimate of drug-likeness (QED) is 0.693. The molecule has 0 saturated carbocycles. The summed E-state index contributed by atoms with van der Waals surface area (Å²) < 4.78 is 0.403. The van der Waals surface area contributed by atoms with E-state index in [1.54, 1.807) is 0 Å². The Morgan fingerprint density at radius 2 is 2.07 bits per heavy atom. The summed E-state index contributed by atoms with van der Waals surface area (Å²) in [6, 6.07) is 0. The van der Waals surface area contributed by atoms with Gasteiger partial charge in [-0.15, -0.1) is 0 Å². The minimum Gasteiger partial charge on any atom is -0.303 e. The van der Waals surface area contributed by atoms with E-state index in [1.165, 1.54) is 12.2 Å². The first kappa shape index (κ1) is 13.0. The Hall–Kier alpha value is -0.0200. The third kappa shape index (κ3) is 4.56. The first-order valence-electron chi connectivity index (χ1n) is 5.67. The summed E-state index contributed by atoms with van der Waals surface area (Å²) in [5.74, 6) is 1.18. The Bertz CT molecular complexity index is 226. The van der Waals surface area contributed by atoms with Crippen LogP contribution in [0.15, 0.2) is 0 Å². The van der Waals surface area contributed by atoms with Gasteiger partial charge >= 0.3 is 0 Å². The van der Waals surface area contributed by atoms with Crippen molar-refractivity contribution in [2.45, 2.75) is 38.9 Å². The first-order chi connectivity index (χ1) is 6.85. The molecule has 0 radical (unpaired) electrons. The van der Waals surface area contributed by atoms with Gasteiger partial charge in [-0.2, -0.15) is 11.8 Å². The molecule has 3 heteroatoms. The van der Waals surface area contributed by atoms with Crippen molar-refractivity contribution < 1.29 is 4.79 Å². The van der Waals surface area contributed by atoms with Crippen LogP contribution in [0.25, 0.3) is 0 Å². The van der Waals surface area contributed by atoms with Crippen molar-refractivity contribution in [2.75, 3.05) is 25.4 Å². The molecule has 0 aliphatic carbocycles. The molecular formula is C12H23NOS. The van der Waals surface area contributed by atoms with Crippen LogP contribution in [0, 0.1) is 5.41 Å². The van der Waals surface area contributed by atoms with Gasteiger partial charge in [0.25, 0.3) is 0 Å². The predicted octanol–water partition coefficient (Wildman–Crippen LogP) is 2.43. The van der Waals surface area contributed by atoms with Gasteiger partial charge in [0.2, 0.25) is 0 Å². The summed E-state index contributed by atoms with van der Waals surface area (Å²) >= 11 is 2.05. The molecule has 1 rings (SSSR count). The van der Waals surface area contributed by atoms with Gasteiger partial charge in [0.05, 0.1) is 0 Å². The van der Waals surface area contributed by atoms with Gasteiger partial charge in [-0.25, -0.2) is 0 Å². The van der Waals surface area contributed by atoms with E-state index < -0.39 is 0 Å². The second-order valence-corrected chi connectivity index (χ2v) is 7.54. The molecular weight excluding hydrogens is 206 g/mol. The molecule has 0 amide bonds. The predicted molar refractivity (Wildman–Crippen MR) is 67.4 cm³/mol. The van der Waals surface area contributed by atoms with Crippen molar-refractivity contribution in [1.29, 1.82) is 0 Å². The number of rotatable bonds is 3. The molecule has 1 saturated heterocycles. The molecule has 0 aromatic carbocycles. The highest BCUT2D eigenvalue weighted by molar-refractivity contribution is 8.00. The van der Waals surface area contributed by atoms with Crippen molar-refractivity contribution >= 4 is 18.0 Å². The topological polar surface area (TPSA) is 20.3 Å². The van der Waals surface area contributed by atoms with Crippen LogP contribution >= 0.6 is 11.8 Å². The van der Waals surface area contributed by atoms with Gasteiger partial charge in [-0.3, -0.25) is 0 Å². The van der Waals surface area contributed by atoms with Gasteiger partial charge in [0, 0.05) is 29.0 Å². The van der Waals surface area contributed by atoms with Crippen LogP contribution in [0.4, 0.5) is 0 Å². The third-order valence-electron chi connectivity index (χ3n) is 2.88. The lowest BCUT2D eigenvalue weighted by Crippen LogP contribution is -2.37. The highest BCUT2D eigenvalue weighted by Gasteiger charge is 2.27. The highest BCUT2D eigenvalue weighted by Crippen LogP contribution is 2.31. The summed E-state index contributed by atoms with van der Waals surface area (Å²) in [7, 11) is 0. The normalized spacial score (nSPS) is 23.5.